The normalized spacial score (nSPS) is 19.9. The molecule has 0 aliphatic heterocycles. The van der Waals surface area contributed by atoms with Crippen LogP contribution in [-0.2, 0) is 0 Å². The quantitative estimate of drug-likeness (QED) is 0.500. The lowest BCUT2D eigenvalue weighted by molar-refractivity contribution is 0.278. The van der Waals surface area contributed by atoms with Gasteiger partial charge in [0.1, 0.15) is 6.07 Å². The molecule has 1 aromatic heterocycles. The smallest absolute Gasteiger partial charge is 0.252 e. The first kappa shape index (κ1) is 19.2. The molecular weight excluding hydrogens is 336 g/mol. The summed E-state index contributed by atoms with van der Waals surface area (Å²) in [5.74, 6) is 2.16. The number of oxazole rings is 1. The summed E-state index contributed by atoms with van der Waals surface area (Å²) < 4.78 is 5.86. The molecule has 0 bridgehead atoms. The maximum atomic E-state index is 9.35. The molecule has 142 valence electrons. The third-order valence-corrected chi connectivity index (χ3v) is 5.37. The SMILES string of the molecule is CCCCC1CCC(c2nc(C#N)c(NN=Cc3ccc(C)cc3)o2)CC1. The van der Waals surface area contributed by atoms with Gasteiger partial charge in [0.15, 0.2) is 0 Å². The Balaban J connectivity index is 1.60. The monoisotopic (exact) mass is 364 g/mol. The molecule has 1 fully saturated rings. The molecule has 27 heavy (non-hydrogen) atoms. The van der Waals surface area contributed by atoms with E-state index in [-0.39, 0.29) is 5.69 Å². The first-order chi connectivity index (χ1) is 13.2. The number of unbranched alkanes of at least 4 members (excludes halogenated alkanes) is 1. The minimum atomic E-state index is 0.277. The van der Waals surface area contributed by atoms with E-state index in [4.69, 9.17) is 4.42 Å². The van der Waals surface area contributed by atoms with Crippen molar-refractivity contribution < 1.29 is 4.42 Å². The molecule has 3 rings (SSSR count). The largest absolute Gasteiger partial charge is 0.422 e. The van der Waals surface area contributed by atoms with Crippen molar-refractivity contribution >= 4 is 12.1 Å². The summed E-state index contributed by atoms with van der Waals surface area (Å²) in [5.41, 5.74) is 5.31. The topological polar surface area (TPSA) is 74.2 Å². The van der Waals surface area contributed by atoms with Gasteiger partial charge in [-0.1, -0.05) is 56.0 Å². The second-order valence-corrected chi connectivity index (χ2v) is 7.48. The molecule has 1 N–H and O–H groups in total. The fourth-order valence-electron chi connectivity index (χ4n) is 3.67. The average molecular weight is 364 g/mol. The van der Waals surface area contributed by atoms with Crippen LogP contribution in [0.3, 0.4) is 0 Å². The number of anilines is 1. The van der Waals surface area contributed by atoms with E-state index in [0.717, 1.165) is 24.3 Å². The lowest BCUT2D eigenvalue weighted by atomic mass is 9.80. The van der Waals surface area contributed by atoms with Gasteiger partial charge in [-0.3, -0.25) is 0 Å². The molecule has 0 radical (unpaired) electrons. The minimum Gasteiger partial charge on any atom is -0.422 e. The standard InChI is InChI=1S/C22H28N4O/c1-3-4-5-17-10-12-19(13-11-17)21-25-20(14-23)22(27-21)26-24-15-18-8-6-16(2)7-9-18/h6-9,15,17,19,26H,3-5,10-13H2,1-2H3. The molecule has 1 aromatic carbocycles. The molecule has 5 heteroatoms. The van der Waals surface area contributed by atoms with E-state index in [2.05, 4.69) is 28.5 Å². The number of nitrogens with one attached hydrogen (secondary N) is 1. The van der Waals surface area contributed by atoms with E-state index in [1.54, 1.807) is 6.21 Å². The Morgan fingerprint density at radius 1 is 1.26 bits per heavy atom. The molecule has 0 unspecified atom stereocenters. The van der Waals surface area contributed by atoms with Crippen LogP contribution in [-0.4, -0.2) is 11.2 Å². The Bertz CT molecular complexity index is 793. The van der Waals surface area contributed by atoms with Gasteiger partial charge in [-0.25, -0.2) is 10.4 Å². The number of nitriles is 1. The number of hydrogen-bond donors (Lipinski definition) is 1. The number of nitrogens with zero attached hydrogens (tertiary/aromatic N) is 3. The highest BCUT2D eigenvalue weighted by atomic mass is 16.4. The highest BCUT2D eigenvalue weighted by molar-refractivity contribution is 5.80. The summed E-state index contributed by atoms with van der Waals surface area (Å²) in [5, 5.41) is 13.5. The van der Waals surface area contributed by atoms with E-state index in [0.29, 0.717) is 17.7 Å². The predicted molar refractivity (Wildman–Crippen MR) is 108 cm³/mol. The Kier molecular flexibility index (Phi) is 6.64. The highest BCUT2D eigenvalue weighted by Crippen LogP contribution is 2.38. The second kappa shape index (κ2) is 9.36. The van der Waals surface area contributed by atoms with Gasteiger partial charge >= 0.3 is 0 Å². The van der Waals surface area contributed by atoms with Gasteiger partial charge in [0.2, 0.25) is 11.6 Å². The number of hydrogen-bond acceptors (Lipinski definition) is 5. The molecule has 1 heterocycles. The van der Waals surface area contributed by atoms with E-state index in [1.165, 1.54) is 37.7 Å². The zero-order chi connectivity index (χ0) is 19.1. The lowest BCUT2D eigenvalue weighted by Crippen LogP contribution is -2.13. The second-order valence-electron chi connectivity index (χ2n) is 7.48. The van der Waals surface area contributed by atoms with Crippen LogP contribution in [0.4, 0.5) is 5.88 Å². The Hall–Kier alpha value is -2.61. The molecule has 2 aromatic rings. The molecule has 0 atom stereocenters. The third-order valence-electron chi connectivity index (χ3n) is 5.37. The van der Waals surface area contributed by atoms with Gasteiger partial charge in [-0.2, -0.15) is 10.4 Å². The summed E-state index contributed by atoms with van der Waals surface area (Å²) in [6.07, 6.45) is 10.3. The molecule has 1 aliphatic carbocycles. The summed E-state index contributed by atoms with van der Waals surface area (Å²) in [6, 6.07) is 10.2. The number of benzene rings is 1. The Morgan fingerprint density at radius 3 is 2.67 bits per heavy atom. The van der Waals surface area contributed by atoms with Gasteiger partial charge in [0.25, 0.3) is 5.88 Å². The van der Waals surface area contributed by atoms with Crippen molar-refractivity contribution in [1.82, 2.24) is 4.98 Å². The molecule has 0 amide bonds. The van der Waals surface area contributed by atoms with Gasteiger partial charge in [0.05, 0.1) is 6.21 Å². The Labute approximate surface area is 161 Å². The van der Waals surface area contributed by atoms with Crippen molar-refractivity contribution in [1.29, 1.82) is 5.26 Å². The van der Waals surface area contributed by atoms with Crippen molar-refractivity contribution in [3.8, 4) is 6.07 Å². The highest BCUT2D eigenvalue weighted by Gasteiger charge is 2.27. The van der Waals surface area contributed by atoms with Crippen molar-refractivity contribution in [3.63, 3.8) is 0 Å². The summed E-state index contributed by atoms with van der Waals surface area (Å²) in [6.45, 7) is 4.29. The van der Waals surface area contributed by atoms with Crippen LogP contribution in [0.25, 0.3) is 0 Å². The van der Waals surface area contributed by atoms with E-state index < -0.39 is 0 Å². The zero-order valence-electron chi connectivity index (χ0n) is 16.2. The molecule has 0 saturated heterocycles. The number of hydrazone groups is 1. The van der Waals surface area contributed by atoms with Crippen molar-refractivity contribution in [2.75, 3.05) is 5.43 Å². The van der Waals surface area contributed by atoms with E-state index in [1.807, 2.05) is 31.2 Å². The fourth-order valence-corrected chi connectivity index (χ4v) is 3.67. The van der Waals surface area contributed by atoms with E-state index in [9.17, 15) is 5.26 Å². The van der Waals surface area contributed by atoms with Crippen molar-refractivity contribution in [2.45, 2.75) is 64.7 Å². The molecule has 5 nitrogen and oxygen atoms in total. The zero-order valence-corrected chi connectivity index (χ0v) is 16.2. The third kappa shape index (κ3) is 5.19. The maximum absolute atomic E-state index is 9.35. The van der Waals surface area contributed by atoms with Gasteiger partial charge in [-0.05, 0) is 44.1 Å². The number of aryl methyl sites for hydroxylation is 1. The van der Waals surface area contributed by atoms with Crippen molar-refractivity contribution in [3.05, 3.63) is 47.0 Å². The first-order valence-corrected chi connectivity index (χ1v) is 9.96. The van der Waals surface area contributed by atoms with Crippen LogP contribution in [0.15, 0.2) is 33.8 Å². The predicted octanol–water partition coefficient (Wildman–Crippen LogP) is 5.76. The van der Waals surface area contributed by atoms with Gasteiger partial charge < -0.3 is 4.42 Å². The van der Waals surface area contributed by atoms with Crippen LogP contribution in [0, 0.1) is 24.2 Å². The van der Waals surface area contributed by atoms with Crippen molar-refractivity contribution in [2.24, 2.45) is 11.0 Å². The number of aromatic nitrogens is 1. The summed E-state index contributed by atoms with van der Waals surface area (Å²) in [7, 11) is 0. The summed E-state index contributed by atoms with van der Waals surface area (Å²) in [4.78, 5) is 4.41. The van der Waals surface area contributed by atoms with Crippen LogP contribution < -0.4 is 5.43 Å². The van der Waals surface area contributed by atoms with Gasteiger partial charge in [-0.15, -0.1) is 0 Å². The summed E-state index contributed by atoms with van der Waals surface area (Å²) >= 11 is 0. The molecular formula is C22H28N4O. The average Bonchev–Trinajstić information content (AvgIpc) is 3.11. The molecule has 1 saturated carbocycles. The first-order valence-electron chi connectivity index (χ1n) is 9.96. The minimum absolute atomic E-state index is 0.277. The van der Waals surface area contributed by atoms with Crippen LogP contribution in [0.5, 0.6) is 0 Å². The van der Waals surface area contributed by atoms with Crippen LogP contribution >= 0.6 is 0 Å². The molecule has 0 spiro atoms. The van der Waals surface area contributed by atoms with E-state index >= 15 is 0 Å². The lowest BCUT2D eigenvalue weighted by Gasteiger charge is -2.26. The fraction of sp³-hybridized carbons (Fsp3) is 0.500. The number of rotatable bonds is 7. The van der Waals surface area contributed by atoms with Crippen LogP contribution in [0.2, 0.25) is 0 Å². The maximum Gasteiger partial charge on any atom is 0.252 e. The van der Waals surface area contributed by atoms with Gasteiger partial charge in [0, 0.05) is 5.92 Å². The molecule has 1 aliphatic rings. The van der Waals surface area contributed by atoms with Crippen LogP contribution in [0.1, 0.15) is 80.5 Å². The Morgan fingerprint density at radius 2 is 2.00 bits per heavy atom.